The van der Waals surface area contributed by atoms with Gasteiger partial charge in [-0.25, -0.2) is 4.68 Å². The first-order valence-corrected chi connectivity index (χ1v) is 9.26. The van der Waals surface area contributed by atoms with Crippen LogP contribution < -0.4 is 10.7 Å². The Balaban J connectivity index is 2.05. The van der Waals surface area contributed by atoms with Gasteiger partial charge >= 0.3 is 0 Å². The van der Waals surface area contributed by atoms with Crippen molar-refractivity contribution >= 4 is 11.6 Å². The minimum Gasteiger partial charge on any atom is -0.320 e. The lowest BCUT2D eigenvalue weighted by molar-refractivity contribution is 0.101. The van der Waals surface area contributed by atoms with E-state index in [1.165, 1.54) is 6.07 Å². The van der Waals surface area contributed by atoms with Gasteiger partial charge < -0.3 is 5.32 Å². The van der Waals surface area contributed by atoms with E-state index in [1.54, 1.807) is 11.6 Å². The van der Waals surface area contributed by atoms with Gasteiger partial charge in [0, 0.05) is 17.4 Å². The molecule has 0 aliphatic rings. The molecular weight excluding hydrogens is 350 g/mol. The highest BCUT2D eigenvalue weighted by atomic mass is 16.2. The first kappa shape index (κ1) is 19.5. The smallest absolute Gasteiger partial charge is 0.280 e. The number of nitrogens with zero attached hydrogens (tertiary/aromatic N) is 2. The van der Waals surface area contributed by atoms with Gasteiger partial charge in [0.25, 0.3) is 5.91 Å². The Labute approximate surface area is 165 Å². The van der Waals surface area contributed by atoms with E-state index in [1.807, 2.05) is 55.5 Å². The van der Waals surface area contributed by atoms with Crippen LogP contribution in [0.1, 0.15) is 48.1 Å². The van der Waals surface area contributed by atoms with Crippen molar-refractivity contribution in [3.63, 3.8) is 0 Å². The Morgan fingerprint density at radius 2 is 1.68 bits per heavy atom. The van der Waals surface area contributed by atoms with Gasteiger partial charge in [-0.3, -0.25) is 9.59 Å². The van der Waals surface area contributed by atoms with E-state index in [9.17, 15) is 9.59 Å². The maximum atomic E-state index is 13.0. The van der Waals surface area contributed by atoms with Gasteiger partial charge in [-0.1, -0.05) is 57.2 Å². The molecule has 0 atom stereocenters. The minimum absolute atomic E-state index is 0.127. The van der Waals surface area contributed by atoms with E-state index < -0.39 is 11.3 Å². The van der Waals surface area contributed by atoms with Crippen LogP contribution in [0.4, 0.5) is 5.69 Å². The lowest BCUT2D eigenvalue weighted by Crippen LogP contribution is -2.28. The van der Waals surface area contributed by atoms with Crippen molar-refractivity contribution in [1.29, 1.82) is 0 Å². The number of rotatable bonds is 3. The highest BCUT2D eigenvalue weighted by molar-refractivity contribution is 6.03. The van der Waals surface area contributed by atoms with Crippen molar-refractivity contribution in [2.45, 2.75) is 40.0 Å². The lowest BCUT2D eigenvalue weighted by atomic mass is 9.84. The molecule has 0 aliphatic carbocycles. The Morgan fingerprint density at radius 1 is 1.00 bits per heavy atom. The molecule has 2 aromatic carbocycles. The summed E-state index contributed by atoms with van der Waals surface area (Å²) in [6.45, 7) is 10.00. The van der Waals surface area contributed by atoms with Crippen molar-refractivity contribution in [3.05, 3.63) is 87.3 Å². The number of benzene rings is 2. The van der Waals surface area contributed by atoms with Gasteiger partial charge in [-0.2, -0.15) is 5.10 Å². The molecule has 1 N–H and O–H groups in total. The average Bonchev–Trinajstić information content (AvgIpc) is 2.63. The molecular formula is C23H25N3O2. The summed E-state index contributed by atoms with van der Waals surface area (Å²) in [4.78, 5) is 25.5. The van der Waals surface area contributed by atoms with E-state index in [4.69, 9.17) is 0 Å². The molecule has 0 spiro atoms. The topological polar surface area (TPSA) is 64.0 Å². The summed E-state index contributed by atoms with van der Waals surface area (Å²) in [5.41, 5.74) is 3.46. The van der Waals surface area contributed by atoms with Crippen LogP contribution in [0.25, 0.3) is 5.69 Å². The first-order valence-electron chi connectivity index (χ1n) is 9.26. The summed E-state index contributed by atoms with van der Waals surface area (Å²) >= 11 is 0. The van der Waals surface area contributed by atoms with Crippen LogP contribution >= 0.6 is 0 Å². The molecule has 0 unspecified atom stereocenters. The molecule has 0 fully saturated rings. The number of para-hydroxylation sites is 2. The van der Waals surface area contributed by atoms with Crippen LogP contribution in [0.3, 0.4) is 0 Å². The standard InChI is InChI=1S/C23H25N3O2/c1-15-10-9-13-18(23(3,4)5)20(15)24-22(28)21-19(27)14-16(2)26(25-21)17-11-7-6-8-12-17/h6-14H,1-5H3,(H,24,28). The zero-order chi connectivity index (χ0) is 20.5. The number of carbonyl (C=O) groups is 1. The maximum absolute atomic E-state index is 13.0. The number of nitrogens with one attached hydrogen (secondary N) is 1. The first-order chi connectivity index (χ1) is 13.2. The molecule has 0 radical (unpaired) electrons. The molecule has 1 amide bonds. The SMILES string of the molecule is Cc1cccc(C(C)(C)C)c1NC(=O)c1nn(-c2ccccc2)c(C)cc1=O. The van der Waals surface area contributed by atoms with Crippen LogP contribution in [-0.4, -0.2) is 15.7 Å². The quantitative estimate of drug-likeness (QED) is 0.738. The van der Waals surface area contributed by atoms with Crippen molar-refractivity contribution in [2.24, 2.45) is 0 Å². The van der Waals surface area contributed by atoms with E-state index in [0.717, 1.165) is 22.5 Å². The third-order valence-corrected chi connectivity index (χ3v) is 4.64. The number of amides is 1. The summed E-state index contributed by atoms with van der Waals surface area (Å²) in [5, 5.41) is 7.28. The largest absolute Gasteiger partial charge is 0.320 e. The molecule has 0 aliphatic heterocycles. The van der Waals surface area contributed by atoms with Gasteiger partial charge in [0.15, 0.2) is 5.69 Å². The number of hydrogen-bond donors (Lipinski definition) is 1. The summed E-state index contributed by atoms with van der Waals surface area (Å²) in [5.74, 6) is -0.505. The predicted molar refractivity (Wildman–Crippen MR) is 112 cm³/mol. The fraction of sp³-hybridized carbons (Fsp3) is 0.261. The number of aryl methyl sites for hydroxylation is 2. The van der Waals surface area contributed by atoms with Gasteiger partial charge in [0.2, 0.25) is 5.43 Å². The second-order valence-corrected chi connectivity index (χ2v) is 7.95. The number of hydrogen-bond acceptors (Lipinski definition) is 3. The Bertz CT molecular complexity index is 1080. The summed E-state index contributed by atoms with van der Waals surface area (Å²) in [7, 11) is 0. The molecule has 1 heterocycles. The third-order valence-electron chi connectivity index (χ3n) is 4.64. The molecule has 3 rings (SSSR count). The van der Waals surface area contributed by atoms with Gasteiger partial charge in [-0.15, -0.1) is 0 Å². The second-order valence-electron chi connectivity index (χ2n) is 7.95. The zero-order valence-corrected chi connectivity index (χ0v) is 16.9. The summed E-state index contributed by atoms with van der Waals surface area (Å²) in [6, 6.07) is 16.8. The maximum Gasteiger partial charge on any atom is 0.280 e. The predicted octanol–water partition coefficient (Wildman–Crippen LogP) is 4.40. The summed E-state index contributed by atoms with van der Waals surface area (Å²) < 4.78 is 1.61. The van der Waals surface area contributed by atoms with Crippen LogP contribution in [0.15, 0.2) is 59.4 Å². The highest BCUT2D eigenvalue weighted by Gasteiger charge is 2.22. The molecule has 0 saturated carbocycles. The van der Waals surface area contributed by atoms with Crippen molar-refractivity contribution in [3.8, 4) is 5.69 Å². The van der Waals surface area contributed by atoms with Crippen molar-refractivity contribution < 1.29 is 4.79 Å². The molecule has 28 heavy (non-hydrogen) atoms. The number of carbonyl (C=O) groups excluding carboxylic acids is 1. The van der Waals surface area contributed by atoms with Crippen LogP contribution in [0.2, 0.25) is 0 Å². The van der Waals surface area contributed by atoms with Gasteiger partial charge in [0.1, 0.15) is 0 Å². The van der Waals surface area contributed by atoms with Gasteiger partial charge in [0.05, 0.1) is 5.69 Å². The number of aromatic nitrogens is 2. The van der Waals surface area contributed by atoms with Crippen molar-refractivity contribution in [2.75, 3.05) is 5.32 Å². The van der Waals surface area contributed by atoms with E-state index in [2.05, 4.69) is 31.2 Å². The monoisotopic (exact) mass is 375 g/mol. The average molecular weight is 375 g/mol. The highest BCUT2D eigenvalue weighted by Crippen LogP contribution is 2.32. The molecule has 144 valence electrons. The molecule has 1 aromatic heterocycles. The molecule has 5 nitrogen and oxygen atoms in total. The van der Waals surface area contributed by atoms with Crippen LogP contribution in [0, 0.1) is 13.8 Å². The van der Waals surface area contributed by atoms with Crippen LogP contribution in [0.5, 0.6) is 0 Å². The Kier molecular flexibility index (Phi) is 5.18. The minimum atomic E-state index is -0.505. The Morgan fingerprint density at radius 3 is 2.32 bits per heavy atom. The fourth-order valence-electron chi connectivity index (χ4n) is 3.17. The second kappa shape index (κ2) is 7.43. The fourth-order valence-corrected chi connectivity index (χ4v) is 3.17. The normalized spacial score (nSPS) is 11.3. The zero-order valence-electron chi connectivity index (χ0n) is 16.9. The van der Waals surface area contributed by atoms with Crippen molar-refractivity contribution in [1.82, 2.24) is 9.78 Å². The van der Waals surface area contributed by atoms with Gasteiger partial charge in [-0.05, 0) is 42.5 Å². The lowest BCUT2D eigenvalue weighted by Gasteiger charge is -2.24. The Hall–Kier alpha value is -3.21. The van der Waals surface area contributed by atoms with E-state index in [-0.39, 0.29) is 11.1 Å². The van der Waals surface area contributed by atoms with Crippen LogP contribution in [-0.2, 0) is 5.41 Å². The molecule has 0 saturated heterocycles. The van der Waals surface area contributed by atoms with E-state index in [0.29, 0.717) is 5.69 Å². The third kappa shape index (κ3) is 3.88. The number of anilines is 1. The molecule has 0 bridgehead atoms. The molecule has 5 heteroatoms. The summed E-state index contributed by atoms with van der Waals surface area (Å²) in [6.07, 6.45) is 0. The molecule has 3 aromatic rings. The van der Waals surface area contributed by atoms with E-state index >= 15 is 0 Å².